The summed E-state index contributed by atoms with van der Waals surface area (Å²) in [7, 11) is 0. The lowest BCUT2D eigenvalue weighted by atomic mass is 10.2. The summed E-state index contributed by atoms with van der Waals surface area (Å²) in [4.78, 5) is 5.91. The molecule has 1 unspecified atom stereocenters. The van der Waals surface area contributed by atoms with E-state index in [1.807, 2.05) is 13.0 Å². The fraction of sp³-hybridized carbons (Fsp3) is 0.267. The molecule has 0 amide bonds. The van der Waals surface area contributed by atoms with Crippen molar-refractivity contribution in [2.24, 2.45) is 0 Å². The Morgan fingerprint density at radius 1 is 1.40 bits per heavy atom. The maximum absolute atomic E-state index is 6.14. The number of nitrogens with one attached hydrogen (secondary N) is 1. The van der Waals surface area contributed by atoms with Crippen LogP contribution in [0.5, 0.6) is 0 Å². The summed E-state index contributed by atoms with van der Waals surface area (Å²) < 4.78 is 1.15. The molecule has 0 aliphatic heterocycles. The van der Waals surface area contributed by atoms with E-state index < -0.39 is 0 Å². The van der Waals surface area contributed by atoms with Crippen molar-refractivity contribution >= 4 is 44.3 Å². The predicted molar refractivity (Wildman–Crippen MR) is 89.9 cm³/mol. The van der Waals surface area contributed by atoms with Gasteiger partial charge in [-0.1, -0.05) is 6.07 Å². The number of fused-ring (bicyclic) bond motifs is 1. The van der Waals surface area contributed by atoms with Crippen molar-refractivity contribution in [2.75, 3.05) is 11.1 Å². The number of nitrogens with zero attached hydrogens (tertiary/aromatic N) is 1. The average molecular weight is 303 g/mol. The van der Waals surface area contributed by atoms with Crippen molar-refractivity contribution in [2.45, 2.75) is 26.3 Å². The Morgan fingerprint density at radius 3 is 3.00 bits per heavy atom. The lowest BCUT2D eigenvalue weighted by molar-refractivity contribution is 0.801. The third kappa shape index (κ3) is 2.78. The van der Waals surface area contributed by atoms with Gasteiger partial charge in [-0.25, -0.2) is 4.98 Å². The first-order valence-electron chi connectivity index (χ1n) is 6.57. The van der Waals surface area contributed by atoms with Crippen molar-refractivity contribution in [1.82, 2.24) is 4.98 Å². The molecule has 0 bridgehead atoms. The number of thiophene rings is 1. The van der Waals surface area contributed by atoms with Crippen LogP contribution >= 0.6 is 22.7 Å². The van der Waals surface area contributed by atoms with Crippen molar-refractivity contribution in [3.05, 3.63) is 39.5 Å². The summed E-state index contributed by atoms with van der Waals surface area (Å²) in [6, 6.07) is 8.66. The van der Waals surface area contributed by atoms with Crippen LogP contribution in [0.1, 0.15) is 16.8 Å². The van der Waals surface area contributed by atoms with E-state index in [2.05, 4.69) is 40.8 Å². The molecule has 0 fully saturated rings. The van der Waals surface area contributed by atoms with E-state index in [0.717, 1.165) is 33.0 Å². The van der Waals surface area contributed by atoms with Gasteiger partial charge in [0.2, 0.25) is 0 Å². The maximum atomic E-state index is 6.14. The summed E-state index contributed by atoms with van der Waals surface area (Å²) >= 11 is 3.47. The van der Waals surface area contributed by atoms with Crippen LogP contribution in [-0.4, -0.2) is 11.0 Å². The Bertz CT molecular complexity index is 716. The van der Waals surface area contributed by atoms with Gasteiger partial charge in [0.05, 0.1) is 26.6 Å². The molecule has 0 saturated carbocycles. The van der Waals surface area contributed by atoms with Gasteiger partial charge in [-0.15, -0.1) is 22.7 Å². The summed E-state index contributed by atoms with van der Waals surface area (Å²) in [6.07, 6.45) is 1.01. The number of aromatic nitrogens is 1. The number of benzene rings is 1. The van der Waals surface area contributed by atoms with E-state index in [0.29, 0.717) is 6.04 Å². The molecular weight excluding hydrogens is 286 g/mol. The molecule has 2 heterocycles. The Labute approximate surface area is 126 Å². The smallest absolute Gasteiger partial charge is 0.0907 e. The molecule has 0 aliphatic rings. The molecule has 0 aliphatic carbocycles. The normalized spacial score (nSPS) is 12.7. The zero-order valence-corrected chi connectivity index (χ0v) is 13.1. The fourth-order valence-corrected chi connectivity index (χ4v) is 3.97. The highest BCUT2D eigenvalue weighted by Crippen LogP contribution is 2.30. The topological polar surface area (TPSA) is 50.9 Å². The quantitative estimate of drug-likeness (QED) is 0.707. The Hall–Kier alpha value is -1.59. The van der Waals surface area contributed by atoms with Gasteiger partial charge >= 0.3 is 0 Å². The van der Waals surface area contributed by atoms with Crippen LogP contribution in [0.2, 0.25) is 0 Å². The zero-order valence-electron chi connectivity index (χ0n) is 11.5. The first kappa shape index (κ1) is 13.4. The van der Waals surface area contributed by atoms with Crippen LogP contribution in [0.15, 0.2) is 29.6 Å². The van der Waals surface area contributed by atoms with Crippen molar-refractivity contribution in [3.8, 4) is 0 Å². The molecule has 0 spiro atoms. The third-order valence-electron chi connectivity index (χ3n) is 3.16. The SMILES string of the molecule is Cc1nc2cc(NC(C)Cc3cccs3)c(N)cc2s1. The van der Waals surface area contributed by atoms with Crippen LogP contribution in [0.3, 0.4) is 0 Å². The predicted octanol–water partition coefficient (Wildman–Crippen LogP) is 4.29. The second-order valence-corrected chi connectivity index (χ2v) is 7.24. The highest BCUT2D eigenvalue weighted by molar-refractivity contribution is 7.18. The van der Waals surface area contributed by atoms with Crippen LogP contribution in [0, 0.1) is 6.92 Å². The van der Waals surface area contributed by atoms with Gasteiger partial charge in [0.15, 0.2) is 0 Å². The molecule has 3 aromatic rings. The van der Waals surface area contributed by atoms with E-state index in [9.17, 15) is 0 Å². The molecule has 3 nitrogen and oxygen atoms in total. The molecule has 3 rings (SSSR count). The number of aryl methyl sites for hydroxylation is 1. The minimum atomic E-state index is 0.341. The van der Waals surface area contributed by atoms with Gasteiger partial charge in [0, 0.05) is 17.3 Å². The van der Waals surface area contributed by atoms with Gasteiger partial charge in [-0.3, -0.25) is 0 Å². The molecule has 3 N–H and O–H groups in total. The average Bonchev–Trinajstić information content (AvgIpc) is 2.98. The van der Waals surface area contributed by atoms with Gasteiger partial charge in [0.1, 0.15) is 0 Å². The summed E-state index contributed by atoms with van der Waals surface area (Å²) in [5.41, 5.74) is 8.93. The number of rotatable bonds is 4. The number of thiazole rings is 1. The third-order valence-corrected chi connectivity index (χ3v) is 4.99. The highest BCUT2D eigenvalue weighted by Gasteiger charge is 2.10. The number of nitrogen functional groups attached to an aromatic ring is 1. The largest absolute Gasteiger partial charge is 0.397 e. The monoisotopic (exact) mass is 303 g/mol. The van der Waals surface area contributed by atoms with Gasteiger partial charge < -0.3 is 11.1 Å². The Kier molecular flexibility index (Phi) is 3.63. The minimum Gasteiger partial charge on any atom is -0.397 e. The lowest BCUT2D eigenvalue weighted by Gasteiger charge is -2.16. The summed E-state index contributed by atoms with van der Waals surface area (Å²) in [6.45, 7) is 4.20. The minimum absolute atomic E-state index is 0.341. The second-order valence-electron chi connectivity index (χ2n) is 4.97. The van der Waals surface area contributed by atoms with Crippen LogP contribution in [0.4, 0.5) is 11.4 Å². The number of nitrogens with two attached hydrogens (primary N) is 1. The molecule has 0 saturated heterocycles. The highest BCUT2D eigenvalue weighted by atomic mass is 32.1. The molecule has 1 atom stereocenters. The Balaban J connectivity index is 1.80. The first-order chi connectivity index (χ1) is 9.61. The van der Waals surface area contributed by atoms with Crippen LogP contribution < -0.4 is 11.1 Å². The lowest BCUT2D eigenvalue weighted by Crippen LogP contribution is -2.18. The van der Waals surface area contributed by atoms with Crippen LogP contribution in [0.25, 0.3) is 10.2 Å². The number of hydrogen-bond acceptors (Lipinski definition) is 5. The van der Waals surface area contributed by atoms with E-state index in [-0.39, 0.29) is 0 Å². The molecule has 5 heteroatoms. The molecular formula is C15H17N3S2. The van der Waals surface area contributed by atoms with Crippen molar-refractivity contribution in [1.29, 1.82) is 0 Å². The van der Waals surface area contributed by atoms with Crippen molar-refractivity contribution in [3.63, 3.8) is 0 Å². The summed E-state index contributed by atoms with van der Waals surface area (Å²) in [5.74, 6) is 0. The van der Waals surface area contributed by atoms with E-state index in [1.54, 1.807) is 22.7 Å². The second kappa shape index (κ2) is 5.42. The fourth-order valence-electron chi connectivity index (χ4n) is 2.28. The van der Waals surface area contributed by atoms with Crippen LogP contribution in [-0.2, 0) is 6.42 Å². The Morgan fingerprint density at radius 2 is 2.25 bits per heavy atom. The van der Waals surface area contributed by atoms with E-state index >= 15 is 0 Å². The van der Waals surface area contributed by atoms with Gasteiger partial charge in [0.25, 0.3) is 0 Å². The first-order valence-corrected chi connectivity index (χ1v) is 8.27. The molecule has 1 aromatic carbocycles. The molecule has 20 heavy (non-hydrogen) atoms. The molecule has 2 aromatic heterocycles. The van der Waals surface area contributed by atoms with Gasteiger partial charge in [-0.05, 0) is 37.4 Å². The molecule has 0 radical (unpaired) electrons. The number of hydrogen-bond donors (Lipinski definition) is 2. The zero-order chi connectivity index (χ0) is 14.1. The van der Waals surface area contributed by atoms with Gasteiger partial charge in [-0.2, -0.15) is 0 Å². The summed E-state index contributed by atoms with van der Waals surface area (Å²) in [5, 5.41) is 6.68. The molecule has 104 valence electrons. The maximum Gasteiger partial charge on any atom is 0.0907 e. The number of anilines is 2. The van der Waals surface area contributed by atoms with E-state index in [1.165, 1.54) is 4.88 Å². The standard InChI is InChI=1S/C15H17N3S2/c1-9(6-11-4-3-5-19-11)17-13-8-14-15(7-12(13)16)20-10(2)18-14/h3-5,7-9,17H,6,16H2,1-2H3. The van der Waals surface area contributed by atoms with Crippen molar-refractivity contribution < 1.29 is 0 Å². The van der Waals surface area contributed by atoms with E-state index in [4.69, 9.17) is 5.73 Å².